The second-order valence-electron chi connectivity index (χ2n) is 6.92. The maximum absolute atomic E-state index is 12.9. The molecule has 2 bridgehead atoms. The summed E-state index contributed by atoms with van der Waals surface area (Å²) in [7, 11) is 0. The maximum Gasteiger partial charge on any atom is 0.312 e. The van der Waals surface area contributed by atoms with Crippen molar-refractivity contribution in [2.75, 3.05) is 26.3 Å². The smallest absolute Gasteiger partial charge is 0.312 e. The van der Waals surface area contributed by atoms with Crippen LogP contribution in [0.5, 0.6) is 0 Å². The zero-order valence-corrected chi connectivity index (χ0v) is 13.4. The van der Waals surface area contributed by atoms with Crippen LogP contribution in [0.15, 0.2) is 12.2 Å². The van der Waals surface area contributed by atoms with Gasteiger partial charge in [0.1, 0.15) is 11.5 Å². The van der Waals surface area contributed by atoms with Gasteiger partial charge in [0.2, 0.25) is 5.91 Å². The number of rotatable bonds is 5. The Balaban J connectivity index is 1.52. The number of carbonyl (C=O) groups excluding carboxylic acids is 2. The summed E-state index contributed by atoms with van der Waals surface area (Å²) in [4.78, 5) is 27.1. The summed E-state index contributed by atoms with van der Waals surface area (Å²) < 4.78 is 17.0. The lowest BCUT2D eigenvalue weighted by atomic mass is 9.77. The number of nitrogens with zero attached hydrogens (tertiary/aromatic N) is 1. The van der Waals surface area contributed by atoms with Crippen molar-refractivity contribution in [2.45, 2.75) is 44.0 Å². The van der Waals surface area contributed by atoms with Gasteiger partial charge in [-0.1, -0.05) is 19.1 Å². The van der Waals surface area contributed by atoms with Gasteiger partial charge in [-0.25, -0.2) is 0 Å². The first-order chi connectivity index (χ1) is 11.1. The topological polar surface area (TPSA) is 65.1 Å². The first-order valence-electron chi connectivity index (χ1n) is 8.59. The molecule has 4 aliphatic rings. The summed E-state index contributed by atoms with van der Waals surface area (Å²) in [5, 5.41) is 0. The van der Waals surface area contributed by atoms with Gasteiger partial charge in [-0.05, 0) is 19.3 Å². The summed E-state index contributed by atoms with van der Waals surface area (Å²) in [6.45, 7) is 4.22. The van der Waals surface area contributed by atoms with E-state index in [4.69, 9.17) is 14.2 Å². The molecule has 0 saturated carbocycles. The Morgan fingerprint density at radius 3 is 3.13 bits per heavy atom. The van der Waals surface area contributed by atoms with E-state index in [2.05, 4.69) is 0 Å². The van der Waals surface area contributed by atoms with Crippen LogP contribution in [0.3, 0.4) is 0 Å². The molecule has 0 aromatic heterocycles. The standard InChI is InChI=1S/C17H23NO5/c1-2-7-22-16(20)13-12-5-6-17(23-12)10-18(15(19)14(13)17)9-11-4-3-8-21-11/h5-6,11-14H,2-4,7-10H2,1H3/t11-,12-,13-,14+,17+/m1/s1. The lowest BCUT2D eigenvalue weighted by molar-refractivity contribution is -0.154. The van der Waals surface area contributed by atoms with Gasteiger partial charge < -0.3 is 19.1 Å². The van der Waals surface area contributed by atoms with Crippen molar-refractivity contribution in [3.05, 3.63) is 12.2 Å². The van der Waals surface area contributed by atoms with Crippen LogP contribution >= 0.6 is 0 Å². The Bertz CT molecular complexity index is 541. The molecule has 4 rings (SSSR count). The highest BCUT2D eigenvalue weighted by molar-refractivity contribution is 5.91. The van der Waals surface area contributed by atoms with Gasteiger partial charge in [-0.15, -0.1) is 0 Å². The summed E-state index contributed by atoms with van der Waals surface area (Å²) in [6.07, 6.45) is 6.48. The van der Waals surface area contributed by atoms with Crippen LogP contribution in [0.2, 0.25) is 0 Å². The van der Waals surface area contributed by atoms with Crippen LogP contribution in [0.25, 0.3) is 0 Å². The van der Waals surface area contributed by atoms with E-state index < -0.39 is 17.4 Å². The molecule has 5 atom stereocenters. The third-order valence-electron chi connectivity index (χ3n) is 5.35. The minimum Gasteiger partial charge on any atom is -0.465 e. The lowest BCUT2D eigenvalue weighted by Gasteiger charge is -2.23. The van der Waals surface area contributed by atoms with Crippen LogP contribution < -0.4 is 0 Å². The fourth-order valence-corrected chi connectivity index (χ4v) is 4.33. The predicted octanol–water partition coefficient (Wildman–Crippen LogP) is 0.901. The third kappa shape index (κ3) is 2.31. The highest BCUT2D eigenvalue weighted by Crippen LogP contribution is 2.52. The number of ether oxygens (including phenoxy) is 3. The van der Waals surface area contributed by atoms with Crippen molar-refractivity contribution in [1.29, 1.82) is 0 Å². The summed E-state index contributed by atoms with van der Waals surface area (Å²) in [6, 6.07) is 0. The first-order valence-corrected chi connectivity index (χ1v) is 8.59. The van der Waals surface area contributed by atoms with Crippen LogP contribution in [-0.2, 0) is 23.8 Å². The number of fused-ring (bicyclic) bond motifs is 1. The monoisotopic (exact) mass is 321 g/mol. The van der Waals surface area contributed by atoms with E-state index >= 15 is 0 Å². The van der Waals surface area contributed by atoms with Crippen molar-refractivity contribution in [1.82, 2.24) is 4.90 Å². The number of hydrogen-bond donors (Lipinski definition) is 0. The van der Waals surface area contributed by atoms with E-state index in [1.807, 2.05) is 24.0 Å². The minimum atomic E-state index is -0.643. The molecule has 6 heteroatoms. The first kappa shape index (κ1) is 15.1. The predicted molar refractivity (Wildman–Crippen MR) is 80.5 cm³/mol. The van der Waals surface area contributed by atoms with Crippen molar-refractivity contribution in [3.8, 4) is 0 Å². The summed E-state index contributed by atoms with van der Waals surface area (Å²) in [5.41, 5.74) is -0.643. The molecule has 4 aliphatic heterocycles. The van der Waals surface area contributed by atoms with Crippen molar-refractivity contribution >= 4 is 11.9 Å². The van der Waals surface area contributed by atoms with Crippen LogP contribution in [0.4, 0.5) is 0 Å². The Labute approximate surface area is 135 Å². The van der Waals surface area contributed by atoms with Gasteiger partial charge >= 0.3 is 5.97 Å². The summed E-state index contributed by atoms with van der Waals surface area (Å²) >= 11 is 0. The highest BCUT2D eigenvalue weighted by atomic mass is 16.6. The Morgan fingerprint density at radius 1 is 1.52 bits per heavy atom. The number of hydrogen-bond acceptors (Lipinski definition) is 5. The van der Waals surface area contributed by atoms with Gasteiger partial charge in [0.15, 0.2) is 0 Å². The van der Waals surface area contributed by atoms with E-state index in [-0.39, 0.29) is 24.1 Å². The molecule has 0 aromatic rings. The average molecular weight is 321 g/mol. The Hall–Kier alpha value is -1.40. The average Bonchev–Trinajstić information content (AvgIpc) is 3.28. The van der Waals surface area contributed by atoms with E-state index in [1.54, 1.807) is 0 Å². The minimum absolute atomic E-state index is 0.00537. The zero-order valence-electron chi connectivity index (χ0n) is 13.4. The van der Waals surface area contributed by atoms with Gasteiger partial charge in [-0.3, -0.25) is 9.59 Å². The number of amides is 1. The molecule has 3 fully saturated rings. The zero-order chi connectivity index (χ0) is 16.0. The van der Waals surface area contributed by atoms with Crippen LogP contribution in [-0.4, -0.2) is 60.9 Å². The molecular weight excluding hydrogens is 298 g/mol. The lowest BCUT2D eigenvalue weighted by Crippen LogP contribution is -2.40. The normalized spacial score (nSPS) is 40.9. The van der Waals surface area contributed by atoms with E-state index in [9.17, 15) is 9.59 Å². The van der Waals surface area contributed by atoms with Crippen LogP contribution in [0.1, 0.15) is 26.2 Å². The second kappa shape index (κ2) is 5.60. The number of likely N-dealkylation sites (tertiary alicyclic amines) is 1. The molecule has 4 heterocycles. The SMILES string of the molecule is CCCOC(=O)[C@H]1[C@H]2C(=O)N(C[C@H]3CCCO3)C[C@@]23C=C[C@H]1O3. The van der Waals surface area contributed by atoms with E-state index in [0.29, 0.717) is 19.7 Å². The van der Waals surface area contributed by atoms with Gasteiger partial charge in [-0.2, -0.15) is 0 Å². The maximum atomic E-state index is 12.9. The molecular formula is C17H23NO5. The Kier molecular flexibility index (Phi) is 3.69. The van der Waals surface area contributed by atoms with Crippen molar-refractivity contribution < 1.29 is 23.8 Å². The van der Waals surface area contributed by atoms with Crippen molar-refractivity contribution in [3.63, 3.8) is 0 Å². The molecule has 0 unspecified atom stereocenters. The molecule has 1 spiro atoms. The van der Waals surface area contributed by atoms with Gasteiger partial charge in [0, 0.05) is 13.2 Å². The fraction of sp³-hybridized carbons (Fsp3) is 0.765. The molecule has 3 saturated heterocycles. The van der Waals surface area contributed by atoms with Gasteiger partial charge in [0.05, 0.1) is 31.3 Å². The molecule has 1 amide bonds. The molecule has 23 heavy (non-hydrogen) atoms. The van der Waals surface area contributed by atoms with Crippen LogP contribution in [0, 0.1) is 11.8 Å². The second-order valence-corrected chi connectivity index (χ2v) is 6.92. The molecule has 126 valence electrons. The fourth-order valence-electron chi connectivity index (χ4n) is 4.33. The number of esters is 1. The van der Waals surface area contributed by atoms with E-state index in [0.717, 1.165) is 25.9 Å². The molecule has 0 N–H and O–H groups in total. The number of carbonyl (C=O) groups is 2. The highest BCUT2D eigenvalue weighted by Gasteiger charge is 2.67. The molecule has 0 aromatic carbocycles. The molecule has 6 nitrogen and oxygen atoms in total. The van der Waals surface area contributed by atoms with Crippen molar-refractivity contribution in [2.24, 2.45) is 11.8 Å². The quantitative estimate of drug-likeness (QED) is 0.556. The summed E-state index contributed by atoms with van der Waals surface area (Å²) in [5.74, 6) is -1.25. The largest absolute Gasteiger partial charge is 0.465 e. The molecule has 0 aliphatic carbocycles. The third-order valence-corrected chi connectivity index (χ3v) is 5.35. The van der Waals surface area contributed by atoms with E-state index in [1.165, 1.54) is 0 Å². The Morgan fingerprint density at radius 2 is 2.39 bits per heavy atom. The molecule has 0 radical (unpaired) electrons. The van der Waals surface area contributed by atoms with Gasteiger partial charge in [0.25, 0.3) is 0 Å².